The topological polar surface area (TPSA) is 0 Å². The van der Waals surface area contributed by atoms with Gasteiger partial charge in [-0.2, -0.15) is 0 Å². The minimum Gasteiger partial charge on any atom is -0.0925 e. The summed E-state index contributed by atoms with van der Waals surface area (Å²) in [6.07, 6.45) is 5.82. The summed E-state index contributed by atoms with van der Waals surface area (Å²) < 4.78 is 0. The van der Waals surface area contributed by atoms with Gasteiger partial charge in [-0.1, -0.05) is 35.7 Å². The van der Waals surface area contributed by atoms with Crippen LogP contribution in [0, 0.1) is 11.8 Å². The first kappa shape index (κ1) is 7.59. The van der Waals surface area contributed by atoms with Crippen molar-refractivity contribution in [2.45, 2.75) is 32.6 Å². The molecule has 0 bridgehead atoms. The summed E-state index contributed by atoms with van der Waals surface area (Å²) in [5.74, 6) is 1.97. The van der Waals surface area contributed by atoms with E-state index in [0.717, 1.165) is 11.8 Å². The van der Waals surface area contributed by atoms with E-state index in [-0.39, 0.29) is 0 Å². The molecule has 0 unspecified atom stereocenters. The summed E-state index contributed by atoms with van der Waals surface area (Å²) in [5, 5.41) is 1.22. The Kier molecular flexibility index (Phi) is 3.03. The van der Waals surface area contributed by atoms with E-state index in [2.05, 4.69) is 22.9 Å². The summed E-state index contributed by atoms with van der Waals surface area (Å²) in [6, 6.07) is 0. The largest absolute Gasteiger partial charge is 0.0925 e. The molecular formula is C8H15Br. The maximum atomic E-state index is 3.54. The first-order chi connectivity index (χ1) is 4.33. The van der Waals surface area contributed by atoms with E-state index in [4.69, 9.17) is 0 Å². The number of rotatable bonds is 1. The highest BCUT2D eigenvalue weighted by Crippen LogP contribution is 2.29. The maximum absolute atomic E-state index is 3.54. The Morgan fingerprint density at radius 3 is 2.67 bits per heavy atom. The van der Waals surface area contributed by atoms with Crippen molar-refractivity contribution < 1.29 is 0 Å². The lowest BCUT2D eigenvalue weighted by atomic mass is 9.84. The van der Waals surface area contributed by atoms with Gasteiger partial charge >= 0.3 is 0 Å². The first-order valence-electron chi connectivity index (χ1n) is 3.89. The molecule has 1 aliphatic rings. The van der Waals surface area contributed by atoms with Crippen molar-refractivity contribution in [2.24, 2.45) is 11.8 Å². The van der Waals surface area contributed by atoms with Crippen molar-refractivity contribution in [3.63, 3.8) is 0 Å². The normalized spacial score (nSPS) is 36.7. The Morgan fingerprint density at radius 2 is 2.22 bits per heavy atom. The average molecular weight is 191 g/mol. The van der Waals surface area contributed by atoms with Crippen LogP contribution in [0.25, 0.3) is 0 Å². The molecule has 0 radical (unpaired) electrons. The average Bonchev–Trinajstić information content (AvgIpc) is 1.88. The molecule has 0 aromatic rings. The Bertz CT molecular complexity index is 80.6. The van der Waals surface area contributed by atoms with E-state index >= 15 is 0 Å². The number of hydrogen-bond acceptors (Lipinski definition) is 0. The quantitative estimate of drug-likeness (QED) is 0.558. The molecule has 1 saturated carbocycles. The molecule has 1 fully saturated rings. The van der Waals surface area contributed by atoms with Crippen molar-refractivity contribution in [2.75, 3.05) is 5.33 Å². The van der Waals surface area contributed by atoms with E-state index in [9.17, 15) is 0 Å². The van der Waals surface area contributed by atoms with E-state index in [0.29, 0.717) is 0 Å². The molecule has 0 aromatic carbocycles. The standard InChI is InChI=1S/C8H15Br/c1-7-3-2-4-8(5-7)6-9/h7-8H,2-6H2,1H3/t7-,8+/m1/s1. The van der Waals surface area contributed by atoms with Crippen LogP contribution in [0.1, 0.15) is 32.6 Å². The molecule has 1 heteroatoms. The third-order valence-electron chi connectivity index (χ3n) is 2.26. The van der Waals surface area contributed by atoms with Crippen LogP contribution in [-0.4, -0.2) is 5.33 Å². The fourth-order valence-corrected chi connectivity index (χ4v) is 2.29. The summed E-state index contributed by atoms with van der Waals surface area (Å²) in [5.41, 5.74) is 0. The first-order valence-corrected chi connectivity index (χ1v) is 5.01. The van der Waals surface area contributed by atoms with Crippen molar-refractivity contribution in [3.8, 4) is 0 Å². The fourth-order valence-electron chi connectivity index (χ4n) is 1.70. The van der Waals surface area contributed by atoms with Crippen LogP contribution < -0.4 is 0 Å². The maximum Gasteiger partial charge on any atom is 0.00597 e. The number of halogens is 1. The zero-order valence-electron chi connectivity index (χ0n) is 6.07. The van der Waals surface area contributed by atoms with Crippen LogP contribution in [0.3, 0.4) is 0 Å². The van der Waals surface area contributed by atoms with Gasteiger partial charge in [-0.3, -0.25) is 0 Å². The van der Waals surface area contributed by atoms with Crippen molar-refractivity contribution in [3.05, 3.63) is 0 Å². The molecule has 0 saturated heterocycles. The van der Waals surface area contributed by atoms with Gasteiger partial charge in [0.1, 0.15) is 0 Å². The summed E-state index contributed by atoms with van der Waals surface area (Å²) in [7, 11) is 0. The molecule has 2 atom stereocenters. The van der Waals surface area contributed by atoms with Crippen molar-refractivity contribution in [1.82, 2.24) is 0 Å². The Labute approximate surface area is 66.2 Å². The third kappa shape index (κ3) is 2.29. The lowest BCUT2D eigenvalue weighted by Crippen LogP contribution is -2.13. The van der Waals surface area contributed by atoms with Gasteiger partial charge in [0.15, 0.2) is 0 Å². The Hall–Kier alpha value is 0.480. The highest BCUT2D eigenvalue weighted by Gasteiger charge is 2.16. The predicted molar refractivity (Wildman–Crippen MR) is 44.9 cm³/mol. The molecule has 0 amide bonds. The smallest absolute Gasteiger partial charge is 0.00597 e. The third-order valence-corrected chi connectivity index (χ3v) is 3.18. The lowest BCUT2D eigenvalue weighted by molar-refractivity contribution is 0.306. The predicted octanol–water partition coefficient (Wildman–Crippen LogP) is 3.21. The Morgan fingerprint density at radius 1 is 1.44 bits per heavy atom. The molecule has 0 N–H and O–H groups in total. The Balaban J connectivity index is 2.23. The summed E-state index contributed by atoms with van der Waals surface area (Å²) >= 11 is 3.54. The molecule has 0 aliphatic heterocycles. The number of alkyl halides is 1. The van der Waals surface area contributed by atoms with Gasteiger partial charge in [0.05, 0.1) is 0 Å². The zero-order valence-corrected chi connectivity index (χ0v) is 7.65. The van der Waals surface area contributed by atoms with Gasteiger partial charge in [-0.15, -0.1) is 0 Å². The van der Waals surface area contributed by atoms with Crippen LogP contribution in [-0.2, 0) is 0 Å². The zero-order chi connectivity index (χ0) is 6.69. The second kappa shape index (κ2) is 3.60. The molecule has 0 nitrogen and oxygen atoms in total. The highest BCUT2D eigenvalue weighted by molar-refractivity contribution is 9.09. The van der Waals surface area contributed by atoms with E-state index in [1.807, 2.05) is 0 Å². The van der Waals surface area contributed by atoms with E-state index in [1.54, 1.807) is 0 Å². The van der Waals surface area contributed by atoms with Crippen molar-refractivity contribution >= 4 is 15.9 Å². The van der Waals surface area contributed by atoms with Crippen LogP contribution in [0.4, 0.5) is 0 Å². The second-order valence-electron chi connectivity index (χ2n) is 3.29. The molecule has 9 heavy (non-hydrogen) atoms. The van der Waals surface area contributed by atoms with E-state index < -0.39 is 0 Å². The van der Waals surface area contributed by atoms with Gasteiger partial charge in [-0.05, 0) is 24.7 Å². The van der Waals surface area contributed by atoms with Crippen LogP contribution in [0.2, 0.25) is 0 Å². The molecule has 0 aromatic heterocycles. The van der Waals surface area contributed by atoms with Gasteiger partial charge in [0, 0.05) is 5.33 Å². The number of hydrogen-bond donors (Lipinski definition) is 0. The molecule has 0 heterocycles. The van der Waals surface area contributed by atoms with Crippen molar-refractivity contribution in [1.29, 1.82) is 0 Å². The van der Waals surface area contributed by atoms with Gasteiger partial charge in [0.25, 0.3) is 0 Å². The van der Waals surface area contributed by atoms with Crippen LogP contribution in [0.15, 0.2) is 0 Å². The molecule has 0 spiro atoms. The minimum absolute atomic E-state index is 0.980. The summed E-state index contributed by atoms with van der Waals surface area (Å²) in [4.78, 5) is 0. The molecule has 1 aliphatic carbocycles. The lowest BCUT2D eigenvalue weighted by Gasteiger charge is -2.24. The van der Waals surface area contributed by atoms with Crippen LogP contribution >= 0.6 is 15.9 Å². The monoisotopic (exact) mass is 190 g/mol. The van der Waals surface area contributed by atoms with Gasteiger partial charge in [-0.25, -0.2) is 0 Å². The fraction of sp³-hybridized carbons (Fsp3) is 1.00. The summed E-state index contributed by atoms with van der Waals surface area (Å²) in [6.45, 7) is 2.37. The SMILES string of the molecule is C[C@@H]1CCC[C@H](CBr)C1. The van der Waals surface area contributed by atoms with E-state index in [1.165, 1.54) is 31.0 Å². The van der Waals surface area contributed by atoms with Gasteiger partial charge in [0.2, 0.25) is 0 Å². The van der Waals surface area contributed by atoms with Crippen LogP contribution in [0.5, 0.6) is 0 Å². The second-order valence-corrected chi connectivity index (χ2v) is 3.94. The highest BCUT2D eigenvalue weighted by atomic mass is 79.9. The molecule has 54 valence electrons. The van der Waals surface area contributed by atoms with Gasteiger partial charge < -0.3 is 0 Å². The molecule has 1 rings (SSSR count). The molecular weight excluding hydrogens is 176 g/mol. The minimum atomic E-state index is 0.980.